The molecule has 1 aliphatic rings. The zero-order valence-corrected chi connectivity index (χ0v) is 13.6. The van der Waals surface area contributed by atoms with Gasteiger partial charge in [0.25, 0.3) is 11.9 Å². The van der Waals surface area contributed by atoms with E-state index in [-0.39, 0.29) is 6.54 Å². The molecular formula is C17H17F4N3O. The van der Waals surface area contributed by atoms with Gasteiger partial charge in [0, 0.05) is 32.4 Å². The first-order valence-electron chi connectivity index (χ1n) is 7.80. The maximum Gasteiger partial charge on any atom is 0.253 e. The highest BCUT2D eigenvalue weighted by atomic mass is 19.2. The van der Waals surface area contributed by atoms with Crippen LogP contribution in [0.4, 0.5) is 28.9 Å². The number of ether oxygens (including phenoxy) is 1. The first-order valence-corrected chi connectivity index (χ1v) is 7.80. The molecule has 134 valence electrons. The monoisotopic (exact) mass is 355 g/mol. The molecule has 25 heavy (non-hydrogen) atoms. The number of morpholine rings is 1. The second kappa shape index (κ2) is 7.26. The number of hydrogen-bond acceptors (Lipinski definition) is 4. The Morgan fingerprint density at radius 1 is 1.00 bits per heavy atom. The molecule has 0 amide bonds. The third-order valence-corrected chi connectivity index (χ3v) is 4.09. The van der Waals surface area contributed by atoms with Crippen LogP contribution < -0.4 is 9.80 Å². The summed E-state index contributed by atoms with van der Waals surface area (Å²) >= 11 is 0. The van der Waals surface area contributed by atoms with Crippen LogP contribution in [-0.4, -0.2) is 38.3 Å². The fourth-order valence-corrected chi connectivity index (χ4v) is 2.80. The molecule has 3 rings (SSSR count). The predicted molar refractivity (Wildman–Crippen MR) is 85.7 cm³/mol. The molecule has 1 aliphatic heterocycles. The molecule has 4 nitrogen and oxygen atoms in total. The number of halogens is 4. The summed E-state index contributed by atoms with van der Waals surface area (Å²) < 4.78 is 59.4. The molecule has 0 N–H and O–H groups in total. The molecule has 0 atom stereocenters. The van der Waals surface area contributed by atoms with Crippen molar-refractivity contribution in [3.8, 4) is 0 Å². The zero-order chi connectivity index (χ0) is 18.0. The molecule has 0 radical (unpaired) electrons. The number of benzene rings is 1. The predicted octanol–water partition coefficient (Wildman–Crippen LogP) is 3.11. The molecule has 1 aromatic carbocycles. The van der Waals surface area contributed by atoms with E-state index in [1.165, 1.54) is 7.05 Å². The van der Waals surface area contributed by atoms with Crippen molar-refractivity contribution in [1.82, 2.24) is 4.98 Å². The van der Waals surface area contributed by atoms with Gasteiger partial charge in [0.1, 0.15) is 5.69 Å². The van der Waals surface area contributed by atoms with Crippen molar-refractivity contribution >= 4 is 11.4 Å². The molecule has 0 spiro atoms. The highest BCUT2D eigenvalue weighted by molar-refractivity contribution is 5.51. The Morgan fingerprint density at radius 2 is 1.56 bits per heavy atom. The summed E-state index contributed by atoms with van der Waals surface area (Å²) in [5, 5.41) is 0. The highest BCUT2D eigenvalue weighted by Gasteiger charge is 2.23. The van der Waals surface area contributed by atoms with Crippen molar-refractivity contribution in [3.63, 3.8) is 0 Å². The standard InChI is InChI=1S/C17H17F4N3O/c1-23(15-13(18)16(20)22-17(21)14(15)19)10-11-2-4-12(5-3-11)24-6-8-25-9-7-24/h2-5H,6-10H2,1H3. The number of pyridine rings is 1. The van der Waals surface area contributed by atoms with E-state index in [2.05, 4.69) is 9.88 Å². The summed E-state index contributed by atoms with van der Waals surface area (Å²) in [4.78, 5) is 5.84. The fourth-order valence-electron chi connectivity index (χ4n) is 2.80. The molecule has 1 saturated heterocycles. The molecule has 1 fully saturated rings. The summed E-state index contributed by atoms with van der Waals surface area (Å²) in [6.07, 6.45) is 0. The lowest BCUT2D eigenvalue weighted by molar-refractivity contribution is 0.122. The van der Waals surface area contributed by atoms with Gasteiger partial charge in [0.05, 0.1) is 13.2 Å². The van der Waals surface area contributed by atoms with E-state index >= 15 is 0 Å². The van der Waals surface area contributed by atoms with E-state index in [0.29, 0.717) is 13.2 Å². The van der Waals surface area contributed by atoms with Crippen LogP contribution in [0.15, 0.2) is 24.3 Å². The van der Waals surface area contributed by atoms with E-state index in [9.17, 15) is 17.6 Å². The minimum Gasteiger partial charge on any atom is -0.378 e. The Hall–Kier alpha value is -2.35. The van der Waals surface area contributed by atoms with E-state index in [4.69, 9.17) is 4.74 Å². The third-order valence-electron chi connectivity index (χ3n) is 4.09. The molecule has 2 heterocycles. The molecule has 0 bridgehead atoms. The highest BCUT2D eigenvalue weighted by Crippen LogP contribution is 2.27. The molecule has 0 unspecified atom stereocenters. The molecule has 2 aromatic rings. The van der Waals surface area contributed by atoms with E-state index in [1.807, 2.05) is 24.3 Å². The minimum absolute atomic E-state index is 0.0835. The molecule has 0 aliphatic carbocycles. The summed E-state index contributed by atoms with van der Waals surface area (Å²) in [7, 11) is 1.36. The Morgan fingerprint density at radius 3 is 2.12 bits per heavy atom. The molecular weight excluding hydrogens is 338 g/mol. The first kappa shape index (κ1) is 17.5. The Bertz CT molecular complexity index is 722. The third kappa shape index (κ3) is 3.68. The van der Waals surface area contributed by atoms with Gasteiger partial charge in [-0.1, -0.05) is 12.1 Å². The topological polar surface area (TPSA) is 28.6 Å². The van der Waals surface area contributed by atoms with Crippen LogP contribution in [0.25, 0.3) is 0 Å². The lowest BCUT2D eigenvalue weighted by atomic mass is 10.1. The lowest BCUT2D eigenvalue weighted by Gasteiger charge is -2.29. The van der Waals surface area contributed by atoms with Crippen LogP contribution in [0.5, 0.6) is 0 Å². The van der Waals surface area contributed by atoms with E-state index in [0.717, 1.165) is 29.2 Å². The average molecular weight is 355 g/mol. The van der Waals surface area contributed by atoms with Crippen molar-refractivity contribution in [2.45, 2.75) is 6.54 Å². The van der Waals surface area contributed by atoms with Crippen LogP contribution >= 0.6 is 0 Å². The van der Waals surface area contributed by atoms with Crippen LogP contribution in [0.3, 0.4) is 0 Å². The van der Waals surface area contributed by atoms with Gasteiger partial charge >= 0.3 is 0 Å². The Balaban J connectivity index is 1.76. The second-order valence-corrected chi connectivity index (χ2v) is 5.79. The number of anilines is 2. The molecule has 1 aromatic heterocycles. The van der Waals surface area contributed by atoms with Gasteiger partial charge in [-0.2, -0.15) is 22.5 Å². The quantitative estimate of drug-likeness (QED) is 0.622. The lowest BCUT2D eigenvalue weighted by Crippen LogP contribution is -2.36. The summed E-state index contributed by atoms with van der Waals surface area (Å²) in [6, 6.07) is 7.42. The Labute approximate surface area is 142 Å². The van der Waals surface area contributed by atoms with Crippen molar-refractivity contribution < 1.29 is 22.3 Å². The van der Waals surface area contributed by atoms with Crippen molar-refractivity contribution in [1.29, 1.82) is 0 Å². The van der Waals surface area contributed by atoms with Gasteiger partial charge in [0.15, 0.2) is 0 Å². The van der Waals surface area contributed by atoms with Crippen LogP contribution in [0, 0.1) is 23.5 Å². The summed E-state index contributed by atoms with van der Waals surface area (Å²) in [5.41, 5.74) is 0.992. The van der Waals surface area contributed by atoms with Gasteiger partial charge in [-0.3, -0.25) is 0 Å². The second-order valence-electron chi connectivity index (χ2n) is 5.79. The smallest absolute Gasteiger partial charge is 0.253 e. The number of nitrogens with zero attached hydrogens (tertiary/aromatic N) is 3. The first-order chi connectivity index (χ1) is 12.0. The molecule has 8 heteroatoms. The van der Waals surface area contributed by atoms with Crippen LogP contribution in [0.1, 0.15) is 5.56 Å². The van der Waals surface area contributed by atoms with Gasteiger partial charge in [0.2, 0.25) is 11.6 Å². The average Bonchev–Trinajstić information content (AvgIpc) is 2.62. The molecule has 0 saturated carbocycles. The number of rotatable bonds is 4. The van der Waals surface area contributed by atoms with E-state index < -0.39 is 29.2 Å². The van der Waals surface area contributed by atoms with Crippen LogP contribution in [0.2, 0.25) is 0 Å². The van der Waals surface area contributed by atoms with E-state index in [1.54, 1.807) is 0 Å². The fraction of sp³-hybridized carbons (Fsp3) is 0.353. The summed E-state index contributed by atoms with van der Waals surface area (Å²) in [6.45, 7) is 3.01. The van der Waals surface area contributed by atoms with Crippen molar-refractivity contribution in [2.75, 3.05) is 43.2 Å². The SMILES string of the molecule is CN(Cc1ccc(N2CCOCC2)cc1)c1c(F)c(F)nc(F)c1F. The van der Waals surface area contributed by atoms with Crippen molar-refractivity contribution in [2.24, 2.45) is 0 Å². The normalized spacial score (nSPS) is 14.7. The van der Waals surface area contributed by atoms with Crippen LogP contribution in [-0.2, 0) is 11.3 Å². The maximum absolute atomic E-state index is 13.8. The number of hydrogen-bond donors (Lipinski definition) is 0. The van der Waals surface area contributed by atoms with Gasteiger partial charge in [-0.05, 0) is 17.7 Å². The summed E-state index contributed by atoms with van der Waals surface area (Å²) in [5.74, 6) is -6.34. The van der Waals surface area contributed by atoms with Gasteiger partial charge < -0.3 is 14.5 Å². The van der Waals surface area contributed by atoms with Gasteiger partial charge in [-0.15, -0.1) is 0 Å². The van der Waals surface area contributed by atoms with Crippen molar-refractivity contribution in [3.05, 3.63) is 53.4 Å². The minimum atomic E-state index is -1.66. The zero-order valence-electron chi connectivity index (χ0n) is 13.6. The maximum atomic E-state index is 13.8. The van der Waals surface area contributed by atoms with Gasteiger partial charge in [-0.25, -0.2) is 0 Å². The Kier molecular flexibility index (Phi) is 5.08. The number of aromatic nitrogens is 1. The largest absolute Gasteiger partial charge is 0.378 e.